The fraction of sp³-hybridized carbons (Fsp3) is 0.600. The molecular formula is C15H24N2O. The van der Waals surface area contributed by atoms with Gasteiger partial charge in [0.25, 0.3) is 0 Å². The van der Waals surface area contributed by atoms with Crippen LogP contribution in [0.1, 0.15) is 25.8 Å². The van der Waals surface area contributed by atoms with Crippen molar-refractivity contribution in [1.82, 2.24) is 9.80 Å². The Balaban J connectivity index is 1.81. The molecule has 3 heteroatoms. The Kier molecular flexibility index (Phi) is 4.61. The first kappa shape index (κ1) is 13.4. The lowest BCUT2D eigenvalue weighted by atomic mass is 10.1. The predicted molar refractivity (Wildman–Crippen MR) is 74.7 cm³/mol. The summed E-state index contributed by atoms with van der Waals surface area (Å²) in [5.41, 5.74) is 1.28. The Morgan fingerprint density at radius 3 is 2.28 bits per heavy atom. The third kappa shape index (κ3) is 3.47. The van der Waals surface area contributed by atoms with Crippen molar-refractivity contribution in [1.29, 1.82) is 0 Å². The van der Waals surface area contributed by atoms with Crippen LogP contribution in [0.3, 0.4) is 0 Å². The van der Waals surface area contributed by atoms with Crippen molar-refractivity contribution in [2.24, 2.45) is 0 Å². The third-order valence-electron chi connectivity index (χ3n) is 3.96. The molecule has 1 aromatic carbocycles. The van der Waals surface area contributed by atoms with Gasteiger partial charge in [-0.1, -0.05) is 19.1 Å². The first-order valence-corrected chi connectivity index (χ1v) is 6.93. The predicted octanol–water partition coefficient (Wildman–Crippen LogP) is 2.31. The van der Waals surface area contributed by atoms with E-state index >= 15 is 0 Å². The number of rotatable bonds is 4. The van der Waals surface area contributed by atoms with Gasteiger partial charge in [0.1, 0.15) is 5.75 Å². The number of benzene rings is 1. The summed E-state index contributed by atoms with van der Waals surface area (Å²) in [6.07, 6.45) is 1.23. The molecule has 1 saturated heterocycles. The SMILES string of the molecule is CCC(C)N1CCN(Cc2ccc(O)cc2)CC1. The highest BCUT2D eigenvalue weighted by Crippen LogP contribution is 2.14. The van der Waals surface area contributed by atoms with Crippen LogP contribution in [0.25, 0.3) is 0 Å². The van der Waals surface area contributed by atoms with Crippen molar-refractivity contribution in [3.63, 3.8) is 0 Å². The van der Waals surface area contributed by atoms with Crippen LogP contribution < -0.4 is 0 Å². The monoisotopic (exact) mass is 248 g/mol. The molecular weight excluding hydrogens is 224 g/mol. The molecule has 1 aliphatic rings. The van der Waals surface area contributed by atoms with E-state index in [0.717, 1.165) is 19.6 Å². The minimum Gasteiger partial charge on any atom is -0.508 e. The Morgan fingerprint density at radius 1 is 1.11 bits per heavy atom. The van der Waals surface area contributed by atoms with Gasteiger partial charge in [0.15, 0.2) is 0 Å². The lowest BCUT2D eigenvalue weighted by Gasteiger charge is -2.37. The summed E-state index contributed by atoms with van der Waals surface area (Å²) in [5, 5.41) is 9.27. The molecule has 1 unspecified atom stereocenters. The fourth-order valence-electron chi connectivity index (χ4n) is 2.48. The molecule has 1 heterocycles. The van der Waals surface area contributed by atoms with Crippen molar-refractivity contribution in [2.75, 3.05) is 26.2 Å². The van der Waals surface area contributed by atoms with Crippen LogP contribution in [0.2, 0.25) is 0 Å². The molecule has 1 N–H and O–H groups in total. The Labute approximate surface area is 110 Å². The highest BCUT2D eigenvalue weighted by molar-refractivity contribution is 5.25. The number of phenolic OH excluding ortho intramolecular Hbond substituents is 1. The van der Waals surface area contributed by atoms with E-state index in [4.69, 9.17) is 0 Å². The van der Waals surface area contributed by atoms with Gasteiger partial charge in [-0.3, -0.25) is 9.80 Å². The Morgan fingerprint density at radius 2 is 1.72 bits per heavy atom. The zero-order valence-corrected chi connectivity index (χ0v) is 11.5. The van der Waals surface area contributed by atoms with Crippen molar-refractivity contribution < 1.29 is 5.11 Å². The normalized spacial score (nSPS) is 19.9. The van der Waals surface area contributed by atoms with E-state index in [1.54, 1.807) is 12.1 Å². The molecule has 0 spiro atoms. The van der Waals surface area contributed by atoms with Gasteiger partial charge in [-0.15, -0.1) is 0 Å². The lowest BCUT2D eigenvalue weighted by molar-refractivity contribution is 0.0963. The Bertz CT molecular complexity index is 355. The average Bonchev–Trinajstić information content (AvgIpc) is 2.41. The first-order chi connectivity index (χ1) is 8.69. The summed E-state index contributed by atoms with van der Waals surface area (Å²) in [6, 6.07) is 8.27. The molecule has 0 aromatic heterocycles. The van der Waals surface area contributed by atoms with Crippen LogP contribution in [0.15, 0.2) is 24.3 Å². The molecule has 1 aliphatic heterocycles. The number of piperazine rings is 1. The molecule has 1 fully saturated rings. The van der Waals surface area contributed by atoms with E-state index in [2.05, 4.69) is 23.6 Å². The highest BCUT2D eigenvalue weighted by Gasteiger charge is 2.19. The van der Waals surface area contributed by atoms with Gasteiger partial charge in [-0.2, -0.15) is 0 Å². The third-order valence-corrected chi connectivity index (χ3v) is 3.96. The maximum Gasteiger partial charge on any atom is 0.115 e. The molecule has 0 aliphatic carbocycles. The number of phenols is 1. The number of hydrogen-bond donors (Lipinski definition) is 1. The van der Waals surface area contributed by atoms with Crippen LogP contribution in [0, 0.1) is 0 Å². The van der Waals surface area contributed by atoms with Gasteiger partial charge in [-0.25, -0.2) is 0 Å². The second-order valence-corrected chi connectivity index (χ2v) is 5.24. The molecule has 18 heavy (non-hydrogen) atoms. The first-order valence-electron chi connectivity index (χ1n) is 6.93. The van der Waals surface area contributed by atoms with Crippen LogP contribution in [-0.4, -0.2) is 47.1 Å². The van der Waals surface area contributed by atoms with E-state index in [0.29, 0.717) is 11.8 Å². The van der Waals surface area contributed by atoms with Gasteiger partial charge >= 0.3 is 0 Å². The largest absolute Gasteiger partial charge is 0.508 e. The van der Waals surface area contributed by atoms with Crippen molar-refractivity contribution >= 4 is 0 Å². The summed E-state index contributed by atoms with van der Waals surface area (Å²) >= 11 is 0. The van der Waals surface area contributed by atoms with Crippen LogP contribution in [0.5, 0.6) is 5.75 Å². The zero-order valence-electron chi connectivity index (χ0n) is 11.5. The van der Waals surface area contributed by atoms with Gasteiger partial charge in [0, 0.05) is 38.8 Å². The molecule has 2 rings (SSSR count). The average molecular weight is 248 g/mol. The summed E-state index contributed by atoms with van der Waals surface area (Å²) < 4.78 is 0. The van der Waals surface area contributed by atoms with Gasteiger partial charge in [0.05, 0.1) is 0 Å². The van der Waals surface area contributed by atoms with Gasteiger partial charge in [0.2, 0.25) is 0 Å². The van der Waals surface area contributed by atoms with E-state index in [1.165, 1.54) is 25.1 Å². The fourth-order valence-corrected chi connectivity index (χ4v) is 2.48. The van der Waals surface area contributed by atoms with Crippen molar-refractivity contribution in [2.45, 2.75) is 32.9 Å². The molecule has 3 nitrogen and oxygen atoms in total. The Hall–Kier alpha value is -1.06. The number of nitrogens with zero attached hydrogens (tertiary/aromatic N) is 2. The highest BCUT2D eigenvalue weighted by atomic mass is 16.3. The molecule has 0 amide bonds. The molecule has 1 aromatic rings. The summed E-state index contributed by atoms with van der Waals surface area (Å²) in [7, 11) is 0. The minimum atomic E-state index is 0.348. The molecule has 0 saturated carbocycles. The standard InChI is InChI=1S/C15H24N2O/c1-3-13(2)17-10-8-16(9-11-17)12-14-4-6-15(18)7-5-14/h4-7,13,18H,3,8-12H2,1-2H3. The molecule has 100 valence electrons. The molecule has 1 atom stereocenters. The van der Waals surface area contributed by atoms with Gasteiger partial charge < -0.3 is 5.11 Å². The quantitative estimate of drug-likeness (QED) is 0.886. The summed E-state index contributed by atoms with van der Waals surface area (Å²) in [6.45, 7) is 10.2. The minimum absolute atomic E-state index is 0.348. The number of aromatic hydroxyl groups is 1. The molecule has 0 radical (unpaired) electrons. The van der Waals surface area contributed by atoms with E-state index in [9.17, 15) is 5.11 Å². The second kappa shape index (κ2) is 6.21. The van der Waals surface area contributed by atoms with Gasteiger partial charge in [-0.05, 0) is 31.0 Å². The summed E-state index contributed by atoms with van der Waals surface area (Å²) in [4.78, 5) is 5.07. The second-order valence-electron chi connectivity index (χ2n) is 5.24. The summed E-state index contributed by atoms with van der Waals surface area (Å²) in [5.74, 6) is 0.348. The molecule has 0 bridgehead atoms. The van der Waals surface area contributed by atoms with Crippen LogP contribution in [0.4, 0.5) is 0 Å². The smallest absolute Gasteiger partial charge is 0.115 e. The van der Waals surface area contributed by atoms with Crippen LogP contribution in [-0.2, 0) is 6.54 Å². The number of hydrogen-bond acceptors (Lipinski definition) is 3. The zero-order chi connectivity index (χ0) is 13.0. The van der Waals surface area contributed by atoms with Crippen molar-refractivity contribution in [3.05, 3.63) is 29.8 Å². The topological polar surface area (TPSA) is 26.7 Å². The maximum atomic E-state index is 9.27. The van der Waals surface area contributed by atoms with E-state index < -0.39 is 0 Å². The lowest BCUT2D eigenvalue weighted by Crippen LogP contribution is -2.48. The van der Waals surface area contributed by atoms with Crippen molar-refractivity contribution in [3.8, 4) is 5.75 Å². The van der Waals surface area contributed by atoms with E-state index in [1.807, 2.05) is 12.1 Å². The van der Waals surface area contributed by atoms with E-state index in [-0.39, 0.29) is 0 Å². The van der Waals surface area contributed by atoms with Crippen LogP contribution >= 0.6 is 0 Å². The maximum absolute atomic E-state index is 9.27.